The SMILES string of the molecule is Cc1cc(CNC(=O)c2cc(S(=O)(=O)C(C)C)ccc2F)on1. The first-order valence-corrected chi connectivity index (χ1v) is 8.50. The molecule has 0 fully saturated rings. The molecule has 0 saturated carbocycles. The number of hydrogen-bond acceptors (Lipinski definition) is 5. The Hall–Kier alpha value is -2.22. The quantitative estimate of drug-likeness (QED) is 0.843. The molecule has 2 rings (SSSR count). The van der Waals surface area contributed by atoms with E-state index in [1.807, 2.05) is 0 Å². The maximum absolute atomic E-state index is 13.8. The molecule has 6 nitrogen and oxygen atoms in total. The summed E-state index contributed by atoms with van der Waals surface area (Å²) in [6, 6.07) is 4.81. The molecular weight excluding hydrogens is 323 g/mol. The Morgan fingerprint density at radius 1 is 1.35 bits per heavy atom. The highest BCUT2D eigenvalue weighted by molar-refractivity contribution is 7.92. The topological polar surface area (TPSA) is 89.3 Å². The molecule has 8 heteroatoms. The highest BCUT2D eigenvalue weighted by Gasteiger charge is 2.22. The van der Waals surface area contributed by atoms with E-state index in [1.54, 1.807) is 13.0 Å². The Labute approximate surface area is 133 Å². The van der Waals surface area contributed by atoms with E-state index in [0.29, 0.717) is 11.5 Å². The molecule has 124 valence electrons. The number of amides is 1. The van der Waals surface area contributed by atoms with Gasteiger partial charge in [-0.1, -0.05) is 5.16 Å². The molecule has 0 spiro atoms. The Balaban J connectivity index is 2.23. The van der Waals surface area contributed by atoms with Crippen molar-refractivity contribution in [2.45, 2.75) is 37.5 Å². The molecule has 1 amide bonds. The van der Waals surface area contributed by atoms with E-state index in [0.717, 1.165) is 18.2 Å². The van der Waals surface area contributed by atoms with Gasteiger partial charge < -0.3 is 9.84 Å². The normalized spacial score (nSPS) is 11.7. The lowest BCUT2D eigenvalue weighted by atomic mass is 10.2. The third kappa shape index (κ3) is 3.76. The summed E-state index contributed by atoms with van der Waals surface area (Å²) in [5, 5.41) is 5.48. The predicted octanol–water partition coefficient (Wildman–Crippen LogP) is 2.23. The molecule has 23 heavy (non-hydrogen) atoms. The first-order valence-electron chi connectivity index (χ1n) is 6.95. The zero-order valence-electron chi connectivity index (χ0n) is 13.0. The number of nitrogens with zero attached hydrogens (tertiary/aromatic N) is 1. The molecule has 1 aromatic carbocycles. The van der Waals surface area contributed by atoms with Crippen LogP contribution in [0, 0.1) is 12.7 Å². The predicted molar refractivity (Wildman–Crippen MR) is 81.1 cm³/mol. The van der Waals surface area contributed by atoms with Crippen LogP contribution in [0.1, 0.15) is 35.7 Å². The van der Waals surface area contributed by atoms with Crippen molar-refractivity contribution in [2.24, 2.45) is 0 Å². The summed E-state index contributed by atoms with van der Waals surface area (Å²) in [6.45, 7) is 4.80. The maximum atomic E-state index is 13.8. The highest BCUT2D eigenvalue weighted by atomic mass is 32.2. The number of hydrogen-bond donors (Lipinski definition) is 1. The van der Waals surface area contributed by atoms with Gasteiger partial charge in [-0.15, -0.1) is 0 Å². The molecule has 0 bridgehead atoms. The monoisotopic (exact) mass is 340 g/mol. The van der Waals surface area contributed by atoms with E-state index in [4.69, 9.17) is 4.52 Å². The fourth-order valence-corrected chi connectivity index (χ4v) is 2.97. The molecule has 1 N–H and O–H groups in total. The van der Waals surface area contributed by atoms with Gasteiger partial charge >= 0.3 is 0 Å². The van der Waals surface area contributed by atoms with E-state index in [9.17, 15) is 17.6 Å². The van der Waals surface area contributed by atoms with Crippen molar-refractivity contribution < 1.29 is 22.1 Å². The number of sulfone groups is 1. The van der Waals surface area contributed by atoms with Crippen LogP contribution in [-0.2, 0) is 16.4 Å². The van der Waals surface area contributed by atoms with Crippen molar-refractivity contribution in [3.63, 3.8) is 0 Å². The number of aryl methyl sites for hydroxylation is 1. The Morgan fingerprint density at radius 3 is 2.61 bits per heavy atom. The largest absolute Gasteiger partial charge is 0.359 e. The van der Waals surface area contributed by atoms with Gasteiger partial charge in [-0.05, 0) is 39.0 Å². The second-order valence-corrected chi connectivity index (χ2v) is 7.86. The molecule has 0 atom stereocenters. The molecular formula is C15H17FN2O4S. The van der Waals surface area contributed by atoms with Gasteiger partial charge in [-0.3, -0.25) is 4.79 Å². The van der Waals surface area contributed by atoms with Crippen LogP contribution in [0.5, 0.6) is 0 Å². The van der Waals surface area contributed by atoms with Gasteiger partial charge in [0.25, 0.3) is 5.91 Å². The van der Waals surface area contributed by atoms with E-state index < -0.39 is 26.8 Å². The van der Waals surface area contributed by atoms with Crippen molar-refractivity contribution in [3.8, 4) is 0 Å². The average molecular weight is 340 g/mol. The van der Waals surface area contributed by atoms with Crippen LogP contribution in [0.4, 0.5) is 4.39 Å². The average Bonchev–Trinajstić information content (AvgIpc) is 2.90. The van der Waals surface area contributed by atoms with Crippen LogP contribution in [0.15, 0.2) is 33.7 Å². The zero-order chi connectivity index (χ0) is 17.2. The maximum Gasteiger partial charge on any atom is 0.254 e. The fraction of sp³-hybridized carbons (Fsp3) is 0.333. The molecule has 0 unspecified atom stereocenters. The lowest BCUT2D eigenvalue weighted by molar-refractivity contribution is 0.0942. The van der Waals surface area contributed by atoms with Crippen molar-refractivity contribution in [1.29, 1.82) is 0 Å². The minimum Gasteiger partial charge on any atom is -0.359 e. The van der Waals surface area contributed by atoms with E-state index in [-0.39, 0.29) is 17.0 Å². The summed E-state index contributed by atoms with van der Waals surface area (Å²) in [6.07, 6.45) is 0. The molecule has 1 aromatic heterocycles. The lowest BCUT2D eigenvalue weighted by Crippen LogP contribution is -2.24. The van der Waals surface area contributed by atoms with Crippen LogP contribution >= 0.6 is 0 Å². The second kappa shape index (κ2) is 6.49. The molecule has 0 radical (unpaired) electrons. The molecule has 0 aliphatic carbocycles. The van der Waals surface area contributed by atoms with Gasteiger partial charge in [0.1, 0.15) is 5.82 Å². The minimum atomic E-state index is -3.59. The summed E-state index contributed by atoms with van der Waals surface area (Å²) in [5.74, 6) is -1.10. The van der Waals surface area contributed by atoms with Crippen molar-refractivity contribution in [2.75, 3.05) is 0 Å². The van der Waals surface area contributed by atoms with Gasteiger partial charge in [0.2, 0.25) is 0 Å². The number of aromatic nitrogens is 1. The van der Waals surface area contributed by atoms with Crippen LogP contribution in [-0.4, -0.2) is 24.7 Å². The molecule has 0 aliphatic rings. The summed E-state index contributed by atoms with van der Waals surface area (Å²) in [5.41, 5.74) is 0.327. The van der Waals surface area contributed by atoms with Crippen molar-refractivity contribution in [3.05, 3.63) is 47.1 Å². The summed E-state index contributed by atoms with van der Waals surface area (Å²) >= 11 is 0. The van der Waals surface area contributed by atoms with Gasteiger partial charge in [0, 0.05) is 6.07 Å². The van der Waals surface area contributed by atoms with Crippen molar-refractivity contribution >= 4 is 15.7 Å². The fourth-order valence-electron chi connectivity index (χ4n) is 1.89. The summed E-state index contributed by atoms with van der Waals surface area (Å²) in [7, 11) is -3.59. The van der Waals surface area contributed by atoms with E-state index in [1.165, 1.54) is 13.8 Å². The number of benzene rings is 1. The first-order chi connectivity index (χ1) is 10.7. The number of carbonyl (C=O) groups is 1. The number of carbonyl (C=O) groups excluding carboxylic acids is 1. The molecule has 0 saturated heterocycles. The van der Waals surface area contributed by atoms with Gasteiger partial charge in [-0.2, -0.15) is 0 Å². The third-order valence-electron chi connectivity index (χ3n) is 3.23. The number of nitrogens with one attached hydrogen (secondary N) is 1. The van der Waals surface area contributed by atoms with Gasteiger partial charge in [0.15, 0.2) is 15.6 Å². The Bertz CT molecular complexity index is 828. The smallest absolute Gasteiger partial charge is 0.254 e. The highest BCUT2D eigenvalue weighted by Crippen LogP contribution is 2.19. The molecule has 1 heterocycles. The Morgan fingerprint density at radius 2 is 2.04 bits per heavy atom. The standard InChI is InChI=1S/C15H17FN2O4S/c1-9(2)23(20,21)12-4-5-14(16)13(7-12)15(19)17-8-11-6-10(3)18-22-11/h4-7,9H,8H2,1-3H3,(H,17,19). The third-order valence-corrected chi connectivity index (χ3v) is 5.38. The van der Waals surface area contributed by atoms with Crippen molar-refractivity contribution in [1.82, 2.24) is 10.5 Å². The van der Waals surface area contributed by atoms with Crippen LogP contribution in [0.2, 0.25) is 0 Å². The molecule has 0 aliphatic heterocycles. The van der Waals surface area contributed by atoms with Crippen LogP contribution < -0.4 is 5.32 Å². The van der Waals surface area contributed by atoms with E-state index in [2.05, 4.69) is 10.5 Å². The van der Waals surface area contributed by atoms with Crippen LogP contribution in [0.25, 0.3) is 0 Å². The number of halogens is 1. The van der Waals surface area contributed by atoms with Gasteiger partial charge in [-0.25, -0.2) is 12.8 Å². The second-order valence-electron chi connectivity index (χ2n) is 5.35. The summed E-state index contributed by atoms with van der Waals surface area (Å²) in [4.78, 5) is 12.0. The van der Waals surface area contributed by atoms with Gasteiger partial charge in [0.05, 0.1) is 27.9 Å². The number of rotatable bonds is 5. The molecule has 2 aromatic rings. The summed E-state index contributed by atoms with van der Waals surface area (Å²) < 4.78 is 43.0. The first kappa shape index (κ1) is 17.1. The Kier molecular flexibility index (Phi) is 4.84. The van der Waals surface area contributed by atoms with Crippen LogP contribution in [0.3, 0.4) is 0 Å². The zero-order valence-corrected chi connectivity index (χ0v) is 13.8. The minimum absolute atomic E-state index is 0.0280. The van der Waals surface area contributed by atoms with E-state index >= 15 is 0 Å². The lowest BCUT2D eigenvalue weighted by Gasteiger charge is -2.10.